The highest BCUT2D eigenvalue weighted by Gasteiger charge is 2.10. The third-order valence-corrected chi connectivity index (χ3v) is 7.45. The van der Waals surface area contributed by atoms with Crippen LogP contribution in [0.15, 0.2) is 57.2 Å². The minimum absolute atomic E-state index is 0.0505. The maximum absolute atomic E-state index is 12.1. The molecule has 3 rings (SSSR count). The molecule has 6 nitrogen and oxygen atoms in total. The molecule has 0 spiro atoms. The van der Waals surface area contributed by atoms with Gasteiger partial charge in [-0.3, -0.25) is 9.59 Å². The van der Waals surface area contributed by atoms with Gasteiger partial charge in [0.25, 0.3) is 0 Å². The van der Waals surface area contributed by atoms with E-state index in [4.69, 9.17) is 0 Å². The summed E-state index contributed by atoms with van der Waals surface area (Å²) in [6, 6.07) is 16.1. The summed E-state index contributed by atoms with van der Waals surface area (Å²) in [4.78, 5) is 24.1. The number of aryl methyl sites for hydroxylation is 2. The molecule has 0 aliphatic heterocycles. The van der Waals surface area contributed by atoms with Crippen LogP contribution >= 0.6 is 34.9 Å². The first kappa shape index (κ1) is 23.3. The summed E-state index contributed by atoms with van der Waals surface area (Å²) in [5.41, 5.74) is 4.53. The molecule has 162 valence electrons. The number of aromatic nitrogens is 2. The van der Waals surface area contributed by atoms with Crippen LogP contribution in [0.2, 0.25) is 0 Å². The Bertz CT molecular complexity index is 924. The lowest BCUT2D eigenvalue weighted by atomic mass is 10.1. The van der Waals surface area contributed by atoms with Gasteiger partial charge in [-0.15, -0.1) is 10.2 Å². The molecule has 0 unspecified atom stereocenters. The van der Waals surface area contributed by atoms with Crippen LogP contribution in [0.1, 0.15) is 22.3 Å². The number of carbonyl (C=O) groups is 2. The Morgan fingerprint density at radius 1 is 0.742 bits per heavy atom. The second-order valence-corrected chi connectivity index (χ2v) is 10.4. The third-order valence-electron chi connectivity index (χ3n) is 4.26. The van der Waals surface area contributed by atoms with Gasteiger partial charge in [-0.1, -0.05) is 94.5 Å². The second-order valence-electron chi connectivity index (χ2n) is 6.94. The van der Waals surface area contributed by atoms with Gasteiger partial charge in [-0.25, -0.2) is 0 Å². The van der Waals surface area contributed by atoms with E-state index in [2.05, 4.69) is 20.8 Å². The number of hydrogen-bond donors (Lipinski definition) is 2. The largest absolute Gasteiger partial charge is 0.351 e. The highest BCUT2D eigenvalue weighted by atomic mass is 32.2. The standard InChI is InChI=1S/C22H24N4O2S3/c1-15-3-7-17(8-4-15)11-23-19(27)13-29-21-25-26-22(31-21)30-14-20(28)24-12-18-9-5-16(2)6-10-18/h3-10H,11-14H2,1-2H3,(H,23,27)(H,24,28). The molecule has 1 heterocycles. The maximum atomic E-state index is 12.1. The molecule has 2 amide bonds. The first-order valence-electron chi connectivity index (χ1n) is 9.71. The van der Waals surface area contributed by atoms with Crippen molar-refractivity contribution in [3.63, 3.8) is 0 Å². The first-order chi connectivity index (χ1) is 15.0. The van der Waals surface area contributed by atoms with E-state index in [0.717, 1.165) is 11.1 Å². The number of carbonyl (C=O) groups excluding carboxylic acids is 2. The van der Waals surface area contributed by atoms with Gasteiger partial charge in [0.2, 0.25) is 11.8 Å². The van der Waals surface area contributed by atoms with Crippen LogP contribution in [0.3, 0.4) is 0 Å². The van der Waals surface area contributed by atoms with E-state index in [0.29, 0.717) is 21.8 Å². The van der Waals surface area contributed by atoms with E-state index in [1.165, 1.54) is 46.0 Å². The molecule has 0 saturated carbocycles. The lowest BCUT2D eigenvalue weighted by molar-refractivity contribution is -0.119. The number of nitrogens with zero attached hydrogens (tertiary/aromatic N) is 2. The average molecular weight is 473 g/mol. The van der Waals surface area contributed by atoms with Crippen LogP contribution < -0.4 is 10.6 Å². The molecule has 1 aromatic heterocycles. The summed E-state index contributed by atoms with van der Waals surface area (Å²) in [7, 11) is 0. The molecule has 0 bridgehead atoms. The Labute approximate surface area is 194 Å². The van der Waals surface area contributed by atoms with Gasteiger partial charge in [-0.2, -0.15) is 0 Å². The van der Waals surface area contributed by atoms with E-state index < -0.39 is 0 Å². The molecular weight excluding hydrogens is 448 g/mol. The monoisotopic (exact) mass is 472 g/mol. The molecule has 0 aliphatic carbocycles. The fraction of sp³-hybridized carbons (Fsp3) is 0.273. The molecule has 9 heteroatoms. The van der Waals surface area contributed by atoms with Crippen molar-refractivity contribution in [1.29, 1.82) is 0 Å². The van der Waals surface area contributed by atoms with E-state index in [-0.39, 0.29) is 23.3 Å². The molecule has 0 atom stereocenters. The predicted octanol–water partition coefficient (Wildman–Crippen LogP) is 3.97. The van der Waals surface area contributed by atoms with E-state index in [9.17, 15) is 9.59 Å². The SMILES string of the molecule is Cc1ccc(CNC(=O)CSc2nnc(SCC(=O)NCc3ccc(C)cc3)s2)cc1. The highest BCUT2D eigenvalue weighted by Crippen LogP contribution is 2.28. The Hall–Kier alpha value is -2.36. The van der Waals surface area contributed by atoms with Gasteiger partial charge >= 0.3 is 0 Å². The Morgan fingerprint density at radius 2 is 1.13 bits per heavy atom. The summed E-state index contributed by atoms with van der Waals surface area (Å²) in [5, 5.41) is 14.0. The average Bonchev–Trinajstić information content (AvgIpc) is 3.23. The highest BCUT2D eigenvalue weighted by molar-refractivity contribution is 8.03. The van der Waals surface area contributed by atoms with Crippen molar-refractivity contribution in [3.05, 3.63) is 70.8 Å². The Morgan fingerprint density at radius 3 is 1.52 bits per heavy atom. The van der Waals surface area contributed by atoms with Gasteiger partial charge in [0.05, 0.1) is 11.5 Å². The van der Waals surface area contributed by atoms with Crippen LogP contribution in [0, 0.1) is 13.8 Å². The van der Waals surface area contributed by atoms with Gasteiger partial charge in [0, 0.05) is 13.1 Å². The minimum atomic E-state index is -0.0505. The van der Waals surface area contributed by atoms with Crippen LogP contribution in [-0.2, 0) is 22.7 Å². The maximum Gasteiger partial charge on any atom is 0.230 e. The molecule has 3 aromatic rings. The summed E-state index contributed by atoms with van der Waals surface area (Å²) in [6.45, 7) is 5.08. The molecule has 2 aromatic carbocycles. The summed E-state index contributed by atoms with van der Waals surface area (Å²) in [6.07, 6.45) is 0. The number of rotatable bonds is 10. The van der Waals surface area contributed by atoms with E-state index in [1.807, 2.05) is 62.4 Å². The number of amides is 2. The summed E-state index contributed by atoms with van der Waals surface area (Å²) < 4.78 is 1.43. The molecular formula is C22H24N4O2S3. The smallest absolute Gasteiger partial charge is 0.230 e. The predicted molar refractivity (Wildman–Crippen MR) is 127 cm³/mol. The third kappa shape index (κ3) is 8.35. The zero-order valence-electron chi connectivity index (χ0n) is 17.4. The normalized spacial score (nSPS) is 10.6. The molecule has 0 saturated heterocycles. The Balaban J connectivity index is 1.33. The molecule has 0 aliphatic rings. The fourth-order valence-electron chi connectivity index (χ4n) is 2.48. The van der Waals surface area contributed by atoms with E-state index >= 15 is 0 Å². The van der Waals surface area contributed by atoms with Crippen molar-refractivity contribution in [2.75, 3.05) is 11.5 Å². The summed E-state index contributed by atoms with van der Waals surface area (Å²) >= 11 is 4.09. The van der Waals surface area contributed by atoms with Crippen molar-refractivity contribution < 1.29 is 9.59 Å². The van der Waals surface area contributed by atoms with Crippen molar-refractivity contribution in [2.45, 2.75) is 35.6 Å². The van der Waals surface area contributed by atoms with Crippen LogP contribution in [-0.4, -0.2) is 33.5 Å². The van der Waals surface area contributed by atoms with Crippen molar-refractivity contribution in [2.24, 2.45) is 0 Å². The molecule has 0 radical (unpaired) electrons. The number of thioether (sulfide) groups is 2. The van der Waals surface area contributed by atoms with Crippen molar-refractivity contribution >= 4 is 46.7 Å². The molecule has 31 heavy (non-hydrogen) atoms. The van der Waals surface area contributed by atoms with Gasteiger partial charge in [-0.05, 0) is 25.0 Å². The quantitative estimate of drug-likeness (QED) is 0.435. The first-order valence-corrected chi connectivity index (χ1v) is 12.5. The van der Waals surface area contributed by atoms with E-state index in [1.54, 1.807) is 0 Å². The van der Waals surface area contributed by atoms with Crippen LogP contribution in [0.5, 0.6) is 0 Å². The zero-order chi connectivity index (χ0) is 22.1. The van der Waals surface area contributed by atoms with Gasteiger partial charge < -0.3 is 10.6 Å². The van der Waals surface area contributed by atoms with Crippen LogP contribution in [0.4, 0.5) is 0 Å². The van der Waals surface area contributed by atoms with Gasteiger partial charge in [0.1, 0.15) is 0 Å². The Kier molecular flexibility index (Phi) is 8.93. The lowest BCUT2D eigenvalue weighted by Gasteiger charge is -2.05. The van der Waals surface area contributed by atoms with Crippen molar-refractivity contribution in [1.82, 2.24) is 20.8 Å². The van der Waals surface area contributed by atoms with Crippen molar-refractivity contribution in [3.8, 4) is 0 Å². The van der Waals surface area contributed by atoms with Crippen LogP contribution in [0.25, 0.3) is 0 Å². The second kappa shape index (κ2) is 11.9. The van der Waals surface area contributed by atoms with Gasteiger partial charge in [0.15, 0.2) is 8.68 Å². The number of benzene rings is 2. The topological polar surface area (TPSA) is 84.0 Å². The molecule has 0 fully saturated rings. The lowest BCUT2D eigenvalue weighted by Crippen LogP contribution is -2.24. The minimum Gasteiger partial charge on any atom is -0.351 e. The number of hydrogen-bond acceptors (Lipinski definition) is 7. The number of nitrogens with one attached hydrogen (secondary N) is 2. The molecule has 2 N–H and O–H groups in total. The fourth-order valence-corrected chi connectivity index (χ4v) is 5.16. The zero-order valence-corrected chi connectivity index (χ0v) is 19.8. The summed E-state index contributed by atoms with van der Waals surface area (Å²) in [5.74, 6) is 0.459.